The molecule has 6 heteroatoms. The van der Waals surface area contributed by atoms with Gasteiger partial charge < -0.3 is 4.74 Å². The van der Waals surface area contributed by atoms with E-state index in [9.17, 15) is 4.79 Å². The van der Waals surface area contributed by atoms with Gasteiger partial charge in [0.15, 0.2) is 5.13 Å². The van der Waals surface area contributed by atoms with E-state index in [1.54, 1.807) is 0 Å². The van der Waals surface area contributed by atoms with Crippen molar-refractivity contribution in [2.75, 3.05) is 5.32 Å². The fourth-order valence-electron chi connectivity index (χ4n) is 2.78. The molecule has 4 rings (SSSR count). The van der Waals surface area contributed by atoms with Crippen LogP contribution >= 0.6 is 22.7 Å². The highest BCUT2D eigenvalue weighted by Crippen LogP contribution is 2.28. The second kappa shape index (κ2) is 7.73. The van der Waals surface area contributed by atoms with Gasteiger partial charge in [-0.1, -0.05) is 23.5 Å². The number of hydrogen-bond donors (Lipinski definition) is 1. The number of fused-ring (bicyclic) bond motifs is 1. The third kappa shape index (κ3) is 4.08. The van der Waals surface area contributed by atoms with Crippen molar-refractivity contribution in [2.24, 2.45) is 0 Å². The van der Waals surface area contributed by atoms with Crippen molar-refractivity contribution in [2.45, 2.75) is 27.4 Å². The van der Waals surface area contributed by atoms with Gasteiger partial charge in [0.25, 0.3) is 5.91 Å². The first-order valence-electron chi connectivity index (χ1n) is 8.94. The molecule has 0 radical (unpaired) electrons. The maximum absolute atomic E-state index is 12.6. The van der Waals surface area contributed by atoms with Crippen LogP contribution in [0.3, 0.4) is 0 Å². The predicted octanol–water partition coefficient (Wildman–Crippen LogP) is 6.11. The van der Waals surface area contributed by atoms with Gasteiger partial charge in [0, 0.05) is 5.56 Å². The summed E-state index contributed by atoms with van der Waals surface area (Å²) in [6.45, 7) is 6.63. The number of amides is 1. The van der Waals surface area contributed by atoms with Crippen LogP contribution in [0.1, 0.15) is 31.9 Å². The van der Waals surface area contributed by atoms with Crippen molar-refractivity contribution in [3.63, 3.8) is 0 Å². The van der Waals surface area contributed by atoms with Crippen LogP contribution in [0.15, 0.2) is 47.8 Å². The molecule has 0 fully saturated rings. The van der Waals surface area contributed by atoms with Gasteiger partial charge in [0.05, 0.1) is 15.1 Å². The molecule has 2 heterocycles. The largest absolute Gasteiger partial charge is 0.489 e. The van der Waals surface area contributed by atoms with Crippen LogP contribution in [0, 0.1) is 20.8 Å². The third-order valence-corrected chi connectivity index (χ3v) is 6.44. The number of hydrogen-bond acceptors (Lipinski definition) is 5. The summed E-state index contributed by atoms with van der Waals surface area (Å²) in [7, 11) is 0. The Morgan fingerprint density at radius 3 is 2.75 bits per heavy atom. The predicted molar refractivity (Wildman–Crippen MR) is 117 cm³/mol. The highest BCUT2D eigenvalue weighted by atomic mass is 32.1. The molecule has 0 unspecified atom stereocenters. The van der Waals surface area contributed by atoms with E-state index in [1.807, 2.05) is 42.6 Å². The second-order valence-corrected chi connectivity index (χ2v) is 8.74. The fourth-order valence-corrected chi connectivity index (χ4v) is 4.54. The van der Waals surface area contributed by atoms with Gasteiger partial charge in [-0.15, -0.1) is 11.3 Å². The first kappa shape index (κ1) is 18.7. The molecule has 0 aliphatic carbocycles. The normalized spacial score (nSPS) is 11.0. The van der Waals surface area contributed by atoms with Gasteiger partial charge >= 0.3 is 0 Å². The van der Waals surface area contributed by atoms with E-state index in [1.165, 1.54) is 39.4 Å². The zero-order valence-corrected chi connectivity index (χ0v) is 17.5. The standard InChI is InChI=1S/C22H20N2O2S2/c1-13-4-7-18-19(8-13)28-22(23-18)24-21(25)20-10-16(12-27-20)11-26-17-6-5-14(2)15(3)9-17/h4-10,12H,11H2,1-3H3,(H,23,24,25). The van der Waals surface area contributed by atoms with E-state index < -0.39 is 0 Å². The van der Waals surface area contributed by atoms with Gasteiger partial charge in [0.1, 0.15) is 12.4 Å². The van der Waals surface area contributed by atoms with Crippen molar-refractivity contribution in [3.05, 3.63) is 75.0 Å². The van der Waals surface area contributed by atoms with E-state index >= 15 is 0 Å². The Morgan fingerprint density at radius 2 is 1.93 bits per heavy atom. The van der Waals surface area contributed by atoms with E-state index in [4.69, 9.17) is 4.74 Å². The highest BCUT2D eigenvalue weighted by Gasteiger charge is 2.13. The van der Waals surface area contributed by atoms with Gasteiger partial charge in [-0.3, -0.25) is 10.1 Å². The molecular formula is C22H20N2O2S2. The minimum absolute atomic E-state index is 0.141. The lowest BCUT2D eigenvalue weighted by Crippen LogP contribution is -2.09. The number of aromatic nitrogens is 1. The minimum atomic E-state index is -0.141. The Balaban J connectivity index is 1.41. The maximum atomic E-state index is 12.6. The summed E-state index contributed by atoms with van der Waals surface area (Å²) >= 11 is 2.90. The van der Waals surface area contributed by atoms with Gasteiger partial charge in [0.2, 0.25) is 0 Å². The summed E-state index contributed by atoms with van der Waals surface area (Å²) in [6.07, 6.45) is 0. The number of aryl methyl sites for hydroxylation is 3. The smallest absolute Gasteiger partial charge is 0.267 e. The molecule has 0 bridgehead atoms. The zero-order valence-electron chi connectivity index (χ0n) is 15.9. The first-order valence-corrected chi connectivity index (χ1v) is 10.6. The van der Waals surface area contributed by atoms with Crippen molar-refractivity contribution in [3.8, 4) is 5.75 Å². The molecule has 2 aromatic heterocycles. The van der Waals surface area contributed by atoms with Gasteiger partial charge in [-0.2, -0.15) is 0 Å². The van der Waals surface area contributed by atoms with E-state index in [-0.39, 0.29) is 5.91 Å². The minimum Gasteiger partial charge on any atom is -0.489 e. The third-order valence-electron chi connectivity index (χ3n) is 4.53. The average molecular weight is 409 g/mol. The number of nitrogens with one attached hydrogen (secondary N) is 1. The Labute approximate surface area is 171 Å². The van der Waals surface area contributed by atoms with E-state index in [0.29, 0.717) is 16.6 Å². The molecule has 2 aromatic carbocycles. The Bertz CT molecular complexity index is 1160. The number of nitrogens with zero attached hydrogens (tertiary/aromatic N) is 1. The molecule has 0 saturated carbocycles. The van der Waals surface area contributed by atoms with Crippen LogP contribution in [-0.2, 0) is 6.61 Å². The summed E-state index contributed by atoms with van der Waals surface area (Å²) in [5.41, 5.74) is 5.51. The molecule has 1 amide bonds. The lowest BCUT2D eigenvalue weighted by Gasteiger charge is -2.07. The molecule has 4 aromatic rings. The molecule has 0 atom stereocenters. The van der Waals surface area contributed by atoms with E-state index in [0.717, 1.165) is 21.5 Å². The van der Waals surface area contributed by atoms with Crippen LogP contribution in [0.2, 0.25) is 0 Å². The summed E-state index contributed by atoms with van der Waals surface area (Å²) < 4.78 is 6.93. The molecule has 4 nitrogen and oxygen atoms in total. The molecule has 0 aliphatic heterocycles. The molecule has 1 N–H and O–H groups in total. The van der Waals surface area contributed by atoms with Crippen LogP contribution in [0.5, 0.6) is 5.75 Å². The number of anilines is 1. The summed E-state index contributed by atoms with van der Waals surface area (Å²) in [4.78, 5) is 17.7. The van der Waals surface area contributed by atoms with Crippen molar-refractivity contribution in [1.29, 1.82) is 0 Å². The Morgan fingerprint density at radius 1 is 1.07 bits per heavy atom. The number of carbonyl (C=O) groups is 1. The van der Waals surface area contributed by atoms with Crippen LogP contribution < -0.4 is 10.1 Å². The number of rotatable bonds is 5. The first-order chi connectivity index (χ1) is 13.5. The summed E-state index contributed by atoms with van der Waals surface area (Å²) in [5.74, 6) is 0.697. The lowest BCUT2D eigenvalue weighted by molar-refractivity contribution is 0.103. The fraction of sp³-hybridized carbons (Fsp3) is 0.182. The number of thiophene rings is 1. The molecule has 0 spiro atoms. The molecule has 142 valence electrons. The zero-order chi connectivity index (χ0) is 19.7. The highest BCUT2D eigenvalue weighted by molar-refractivity contribution is 7.22. The van der Waals surface area contributed by atoms with Crippen LogP contribution in [-0.4, -0.2) is 10.9 Å². The molecule has 28 heavy (non-hydrogen) atoms. The maximum Gasteiger partial charge on any atom is 0.267 e. The van der Waals surface area contributed by atoms with Crippen molar-refractivity contribution in [1.82, 2.24) is 4.98 Å². The van der Waals surface area contributed by atoms with E-state index in [2.05, 4.69) is 36.3 Å². The van der Waals surface area contributed by atoms with Crippen LogP contribution in [0.4, 0.5) is 5.13 Å². The van der Waals surface area contributed by atoms with Crippen molar-refractivity contribution >= 4 is 43.9 Å². The quantitative estimate of drug-likeness (QED) is 0.433. The molecule has 0 saturated heterocycles. The number of carbonyl (C=O) groups excluding carboxylic acids is 1. The average Bonchev–Trinajstić information content (AvgIpc) is 3.29. The number of thiazole rings is 1. The topological polar surface area (TPSA) is 51.2 Å². The summed E-state index contributed by atoms with van der Waals surface area (Å²) in [5, 5.41) is 5.48. The SMILES string of the molecule is Cc1ccc2nc(NC(=O)c3cc(COc4ccc(C)c(C)c4)cs3)sc2c1. The Kier molecular flexibility index (Phi) is 5.15. The monoisotopic (exact) mass is 408 g/mol. The van der Waals surface area contributed by atoms with Crippen LogP contribution in [0.25, 0.3) is 10.2 Å². The second-order valence-electron chi connectivity index (χ2n) is 6.80. The Hall–Kier alpha value is -2.70. The molecule has 0 aliphatic rings. The molecular weight excluding hydrogens is 388 g/mol. The van der Waals surface area contributed by atoms with Gasteiger partial charge in [-0.25, -0.2) is 4.98 Å². The summed E-state index contributed by atoms with van der Waals surface area (Å²) in [6, 6.07) is 14.0. The van der Waals surface area contributed by atoms with Gasteiger partial charge in [-0.05, 0) is 73.2 Å². The van der Waals surface area contributed by atoms with Crippen molar-refractivity contribution < 1.29 is 9.53 Å². The lowest BCUT2D eigenvalue weighted by atomic mass is 10.1. The number of ether oxygens (including phenoxy) is 1. The number of benzene rings is 2.